The van der Waals surface area contributed by atoms with Crippen LogP contribution in [-0.2, 0) is 6.54 Å². The van der Waals surface area contributed by atoms with Crippen LogP contribution >= 0.6 is 27.5 Å². The van der Waals surface area contributed by atoms with E-state index in [4.69, 9.17) is 11.6 Å². The Balaban J connectivity index is 2.11. The monoisotopic (exact) mass is 361 g/mol. The highest BCUT2D eigenvalue weighted by atomic mass is 79.9. The normalized spacial score (nSPS) is 10.7. The van der Waals surface area contributed by atoms with Gasteiger partial charge in [-0.25, -0.2) is 0 Å². The Bertz CT molecular complexity index is 578. The van der Waals surface area contributed by atoms with Crippen molar-refractivity contribution < 1.29 is 13.5 Å². The Hall–Kier alpha value is -1.33. The maximum absolute atomic E-state index is 12.3. The van der Waals surface area contributed by atoms with E-state index in [9.17, 15) is 8.78 Å². The molecule has 0 unspecified atom stereocenters. The zero-order valence-corrected chi connectivity index (χ0v) is 12.6. The van der Waals surface area contributed by atoms with E-state index < -0.39 is 6.61 Å². The predicted molar refractivity (Wildman–Crippen MR) is 79.6 cm³/mol. The van der Waals surface area contributed by atoms with Gasteiger partial charge in [-0.15, -0.1) is 0 Å². The summed E-state index contributed by atoms with van der Waals surface area (Å²) in [5, 5.41) is 3.60. The lowest BCUT2D eigenvalue weighted by Gasteiger charge is -2.12. The minimum absolute atomic E-state index is 0.119. The van der Waals surface area contributed by atoms with Crippen molar-refractivity contribution in [2.24, 2.45) is 0 Å². The molecule has 6 heteroatoms. The zero-order chi connectivity index (χ0) is 14.5. The van der Waals surface area contributed by atoms with Crippen molar-refractivity contribution in [2.75, 3.05) is 5.32 Å². The first-order valence-electron chi connectivity index (χ1n) is 5.77. The van der Waals surface area contributed by atoms with Gasteiger partial charge in [-0.05, 0) is 42.5 Å². The molecular formula is C14H11BrClF2NO. The molecule has 0 amide bonds. The number of hydrogen-bond donors (Lipinski definition) is 1. The van der Waals surface area contributed by atoms with Crippen LogP contribution in [0.5, 0.6) is 5.75 Å². The third-order valence-electron chi connectivity index (χ3n) is 2.57. The molecule has 0 bridgehead atoms. The van der Waals surface area contributed by atoms with Gasteiger partial charge in [0.05, 0.1) is 0 Å². The second-order valence-corrected chi connectivity index (χ2v) is 5.34. The van der Waals surface area contributed by atoms with Gasteiger partial charge >= 0.3 is 6.61 Å². The lowest BCUT2D eigenvalue weighted by atomic mass is 10.2. The van der Waals surface area contributed by atoms with E-state index in [1.54, 1.807) is 6.07 Å². The van der Waals surface area contributed by atoms with Gasteiger partial charge < -0.3 is 10.1 Å². The summed E-state index contributed by atoms with van der Waals surface area (Å²) in [5.74, 6) is 0.119. The average molecular weight is 363 g/mol. The Morgan fingerprint density at radius 1 is 1.15 bits per heavy atom. The highest BCUT2D eigenvalue weighted by Crippen LogP contribution is 2.25. The van der Waals surface area contributed by atoms with Crippen LogP contribution in [-0.4, -0.2) is 6.61 Å². The Morgan fingerprint density at radius 3 is 2.50 bits per heavy atom. The number of rotatable bonds is 5. The molecule has 2 nitrogen and oxygen atoms in total. The molecule has 0 saturated carbocycles. The number of ether oxygens (including phenoxy) is 1. The Kier molecular flexibility index (Phi) is 5.20. The number of anilines is 1. The van der Waals surface area contributed by atoms with E-state index in [1.807, 2.05) is 24.3 Å². The number of halogens is 4. The van der Waals surface area contributed by atoms with E-state index in [-0.39, 0.29) is 5.75 Å². The van der Waals surface area contributed by atoms with Gasteiger partial charge in [0.2, 0.25) is 0 Å². The van der Waals surface area contributed by atoms with Crippen LogP contribution in [0.25, 0.3) is 0 Å². The number of alkyl halides is 2. The number of hydrogen-bond acceptors (Lipinski definition) is 2. The molecule has 0 atom stereocenters. The van der Waals surface area contributed by atoms with Crippen LogP contribution in [0.1, 0.15) is 5.56 Å². The number of nitrogens with one attached hydrogen (secondary N) is 1. The molecular weight excluding hydrogens is 352 g/mol. The molecule has 0 fully saturated rings. The van der Waals surface area contributed by atoms with Crippen molar-refractivity contribution in [3.8, 4) is 5.75 Å². The summed E-state index contributed by atoms with van der Waals surface area (Å²) >= 11 is 9.22. The quantitative estimate of drug-likeness (QED) is 0.777. The number of benzene rings is 2. The molecule has 0 spiro atoms. The standard InChI is InChI=1S/C14H11BrClF2NO/c15-10-1-4-12(5-2-10)19-8-9-7-11(16)3-6-13(9)20-14(17)18/h1-7,14,19H,8H2. The molecule has 0 saturated heterocycles. The first-order valence-corrected chi connectivity index (χ1v) is 6.94. The second-order valence-electron chi connectivity index (χ2n) is 3.99. The molecule has 0 aliphatic carbocycles. The minimum Gasteiger partial charge on any atom is -0.434 e. The smallest absolute Gasteiger partial charge is 0.387 e. The van der Waals surface area contributed by atoms with Crippen molar-refractivity contribution >= 4 is 33.2 Å². The van der Waals surface area contributed by atoms with E-state index in [0.717, 1.165) is 10.2 Å². The van der Waals surface area contributed by atoms with Gasteiger partial charge in [-0.1, -0.05) is 27.5 Å². The summed E-state index contributed by atoms with van der Waals surface area (Å²) in [4.78, 5) is 0. The maximum Gasteiger partial charge on any atom is 0.387 e. The van der Waals surface area contributed by atoms with Gasteiger partial charge in [0.1, 0.15) is 5.75 Å². The summed E-state index contributed by atoms with van der Waals surface area (Å²) in [6.07, 6.45) is 0. The maximum atomic E-state index is 12.3. The fourth-order valence-corrected chi connectivity index (χ4v) is 2.12. The van der Waals surface area contributed by atoms with Crippen LogP contribution in [0, 0.1) is 0 Å². The molecule has 0 aliphatic rings. The average Bonchev–Trinajstić information content (AvgIpc) is 2.40. The van der Waals surface area contributed by atoms with E-state index in [0.29, 0.717) is 17.1 Å². The van der Waals surface area contributed by atoms with Crippen LogP contribution in [0.2, 0.25) is 5.02 Å². The molecule has 2 aromatic carbocycles. The van der Waals surface area contributed by atoms with Crippen molar-refractivity contribution in [1.82, 2.24) is 0 Å². The second kappa shape index (κ2) is 6.90. The van der Waals surface area contributed by atoms with Crippen LogP contribution < -0.4 is 10.1 Å². The van der Waals surface area contributed by atoms with Crippen molar-refractivity contribution in [3.63, 3.8) is 0 Å². The molecule has 20 heavy (non-hydrogen) atoms. The van der Waals surface area contributed by atoms with Gasteiger partial charge in [0, 0.05) is 27.3 Å². The largest absolute Gasteiger partial charge is 0.434 e. The molecule has 0 radical (unpaired) electrons. The van der Waals surface area contributed by atoms with Gasteiger partial charge in [0.25, 0.3) is 0 Å². The molecule has 0 heterocycles. The summed E-state index contributed by atoms with van der Waals surface area (Å²) in [6.45, 7) is -2.52. The first kappa shape index (κ1) is 15.1. The Morgan fingerprint density at radius 2 is 1.85 bits per heavy atom. The van der Waals surface area contributed by atoms with Crippen molar-refractivity contribution in [2.45, 2.75) is 13.2 Å². The first-order chi connectivity index (χ1) is 9.54. The van der Waals surface area contributed by atoms with Gasteiger partial charge in [-0.2, -0.15) is 8.78 Å². The summed E-state index contributed by atoms with van der Waals surface area (Å²) in [6, 6.07) is 12.1. The molecule has 0 aromatic heterocycles. The van der Waals surface area contributed by atoms with Gasteiger partial charge in [0.15, 0.2) is 0 Å². The highest BCUT2D eigenvalue weighted by Gasteiger charge is 2.10. The topological polar surface area (TPSA) is 21.3 Å². The van der Waals surface area contributed by atoms with E-state index in [1.165, 1.54) is 12.1 Å². The lowest BCUT2D eigenvalue weighted by Crippen LogP contribution is -2.07. The van der Waals surface area contributed by atoms with Crippen LogP contribution in [0.3, 0.4) is 0 Å². The van der Waals surface area contributed by atoms with Crippen molar-refractivity contribution in [3.05, 3.63) is 57.5 Å². The third-order valence-corrected chi connectivity index (χ3v) is 3.33. The Labute approximate surface area is 128 Å². The molecule has 2 rings (SSSR count). The fourth-order valence-electron chi connectivity index (χ4n) is 1.66. The van der Waals surface area contributed by atoms with Crippen molar-refractivity contribution in [1.29, 1.82) is 0 Å². The van der Waals surface area contributed by atoms with Crippen LogP contribution in [0.15, 0.2) is 46.9 Å². The summed E-state index contributed by atoms with van der Waals surface area (Å²) in [7, 11) is 0. The third kappa shape index (κ3) is 4.35. The zero-order valence-electron chi connectivity index (χ0n) is 10.2. The summed E-state index contributed by atoms with van der Waals surface area (Å²) < 4.78 is 30.1. The SMILES string of the molecule is FC(F)Oc1ccc(Cl)cc1CNc1ccc(Br)cc1. The lowest BCUT2D eigenvalue weighted by molar-refractivity contribution is -0.0504. The fraction of sp³-hybridized carbons (Fsp3) is 0.143. The predicted octanol–water partition coefficient (Wildman–Crippen LogP) is 5.32. The highest BCUT2D eigenvalue weighted by molar-refractivity contribution is 9.10. The minimum atomic E-state index is -2.86. The molecule has 106 valence electrons. The molecule has 0 aliphatic heterocycles. The molecule has 2 aromatic rings. The van der Waals surface area contributed by atoms with Gasteiger partial charge in [-0.3, -0.25) is 0 Å². The van der Waals surface area contributed by atoms with Crippen LogP contribution in [0.4, 0.5) is 14.5 Å². The van der Waals surface area contributed by atoms with E-state index >= 15 is 0 Å². The molecule has 1 N–H and O–H groups in total. The van der Waals surface area contributed by atoms with E-state index in [2.05, 4.69) is 26.0 Å². The summed E-state index contributed by atoms with van der Waals surface area (Å²) in [5.41, 5.74) is 1.44.